The number of nitrogens with zero attached hydrogens (tertiary/aromatic N) is 2. The van der Waals surface area contributed by atoms with Gasteiger partial charge in [-0.1, -0.05) is 48.5 Å². The van der Waals surface area contributed by atoms with Gasteiger partial charge < -0.3 is 35.1 Å². The highest BCUT2D eigenvalue weighted by molar-refractivity contribution is 7.91. The largest absolute Gasteiger partial charge is 0.487 e. The zero-order valence-electron chi connectivity index (χ0n) is 29.3. The first-order chi connectivity index (χ1) is 23.1. The van der Waals surface area contributed by atoms with Gasteiger partial charge in [0.2, 0.25) is 0 Å². The molecule has 0 aliphatic carbocycles. The molecule has 0 unspecified atom stereocenters. The molecular formula is C37H48N4O7S. The van der Waals surface area contributed by atoms with Gasteiger partial charge in [-0.05, 0) is 71.2 Å². The number of nitrogen functional groups attached to an aromatic ring is 1. The molecule has 0 saturated heterocycles. The van der Waals surface area contributed by atoms with Gasteiger partial charge in [0.15, 0.2) is 9.84 Å². The zero-order valence-corrected chi connectivity index (χ0v) is 30.1. The summed E-state index contributed by atoms with van der Waals surface area (Å²) in [5, 5.41) is 12.4. The number of amides is 2. The molecular weight excluding hydrogens is 644 g/mol. The van der Waals surface area contributed by atoms with Crippen molar-refractivity contribution in [2.75, 3.05) is 31.6 Å². The SMILES string of the molecule is CCN(CC)C(=O)c1cccc2c(C[C@@H](C)N(C[C@H](O)c3ccc(OCc4ccccc4)c(S(C)(=O)=O)c3N)C(=O)OC(C)(C)C)c[nH]c12. The molecule has 4 N–H and O–H groups in total. The number of carbonyl (C=O) groups excluding carboxylic acids is 2. The van der Waals surface area contributed by atoms with Crippen LogP contribution in [-0.4, -0.2) is 77.8 Å². The molecule has 0 spiro atoms. The number of nitrogens with one attached hydrogen (secondary N) is 1. The number of rotatable bonds is 13. The van der Waals surface area contributed by atoms with Gasteiger partial charge in [-0.3, -0.25) is 4.79 Å². The molecule has 2 amide bonds. The van der Waals surface area contributed by atoms with Crippen LogP contribution in [0.15, 0.2) is 71.8 Å². The summed E-state index contributed by atoms with van der Waals surface area (Å²) in [5.41, 5.74) is 8.59. The third-order valence-corrected chi connectivity index (χ3v) is 9.45. The molecule has 2 atom stereocenters. The van der Waals surface area contributed by atoms with Crippen LogP contribution in [0.2, 0.25) is 0 Å². The number of fused-ring (bicyclic) bond motifs is 1. The van der Waals surface area contributed by atoms with E-state index >= 15 is 0 Å². The van der Waals surface area contributed by atoms with Crippen LogP contribution in [0.5, 0.6) is 5.75 Å². The van der Waals surface area contributed by atoms with Crippen molar-refractivity contribution in [2.24, 2.45) is 0 Å². The van der Waals surface area contributed by atoms with E-state index < -0.39 is 33.7 Å². The number of ether oxygens (including phenoxy) is 2. The van der Waals surface area contributed by atoms with E-state index in [1.54, 1.807) is 31.7 Å². The van der Waals surface area contributed by atoms with Crippen molar-refractivity contribution < 1.29 is 32.6 Å². The number of hydrogen-bond donors (Lipinski definition) is 3. The molecule has 49 heavy (non-hydrogen) atoms. The Morgan fingerprint density at radius 3 is 2.29 bits per heavy atom. The molecule has 0 fully saturated rings. The van der Waals surface area contributed by atoms with Gasteiger partial charge in [0.25, 0.3) is 5.91 Å². The van der Waals surface area contributed by atoms with Gasteiger partial charge in [-0.2, -0.15) is 0 Å². The number of hydrogen-bond acceptors (Lipinski definition) is 8. The maximum Gasteiger partial charge on any atom is 0.410 e. The highest BCUT2D eigenvalue weighted by Gasteiger charge is 2.31. The molecule has 0 radical (unpaired) electrons. The molecule has 0 bridgehead atoms. The van der Waals surface area contributed by atoms with E-state index in [2.05, 4.69) is 4.98 Å². The number of aliphatic hydroxyl groups is 1. The molecule has 0 aliphatic heterocycles. The summed E-state index contributed by atoms with van der Waals surface area (Å²) in [4.78, 5) is 33.0. The van der Waals surface area contributed by atoms with E-state index in [1.165, 1.54) is 17.0 Å². The summed E-state index contributed by atoms with van der Waals surface area (Å²) in [7, 11) is -3.88. The zero-order chi connectivity index (χ0) is 36.1. The van der Waals surface area contributed by atoms with Crippen molar-refractivity contribution >= 4 is 38.4 Å². The molecule has 0 aliphatic rings. The van der Waals surface area contributed by atoms with Crippen LogP contribution >= 0.6 is 0 Å². The fourth-order valence-electron chi connectivity index (χ4n) is 5.83. The highest BCUT2D eigenvalue weighted by atomic mass is 32.2. The van der Waals surface area contributed by atoms with E-state index in [-0.39, 0.29) is 41.0 Å². The van der Waals surface area contributed by atoms with Crippen molar-refractivity contribution in [3.8, 4) is 5.75 Å². The summed E-state index contributed by atoms with van der Waals surface area (Å²) in [6, 6.07) is 17.3. The Kier molecular flexibility index (Phi) is 11.7. The summed E-state index contributed by atoms with van der Waals surface area (Å²) in [6.45, 7) is 12.0. The minimum Gasteiger partial charge on any atom is -0.487 e. The number of carbonyl (C=O) groups is 2. The molecule has 11 nitrogen and oxygen atoms in total. The lowest BCUT2D eigenvalue weighted by Gasteiger charge is -2.33. The van der Waals surface area contributed by atoms with Crippen LogP contribution in [0.3, 0.4) is 0 Å². The molecule has 4 rings (SSSR count). The van der Waals surface area contributed by atoms with Crippen LogP contribution in [0.1, 0.15) is 74.7 Å². The third-order valence-electron chi connectivity index (χ3n) is 8.29. The molecule has 0 saturated carbocycles. The number of benzene rings is 3. The molecule has 1 heterocycles. The van der Waals surface area contributed by atoms with E-state index in [4.69, 9.17) is 15.2 Å². The van der Waals surface area contributed by atoms with Gasteiger partial charge in [0, 0.05) is 42.5 Å². The fraction of sp³-hybridized carbons (Fsp3) is 0.405. The number of aromatic amines is 1. The lowest BCUT2D eigenvalue weighted by atomic mass is 10.0. The first-order valence-corrected chi connectivity index (χ1v) is 18.3. The van der Waals surface area contributed by atoms with Crippen LogP contribution < -0.4 is 10.5 Å². The number of para-hydroxylation sites is 1. The van der Waals surface area contributed by atoms with Crippen LogP contribution in [0.4, 0.5) is 10.5 Å². The minimum absolute atomic E-state index is 0.0651. The summed E-state index contributed by atoms with van der Waals surface area (Å²) < 4.78 is 37.5. The first-order valence-electron chi connectivity index (χ1n) is 16.4. The predicted octanol–water partition coefficient (Wildman–Crippen LogP) is 6.12. The molecule has 1 aromatic heterocycles. The Labute approximate surface area is 288 Å². The monoisotopic (exact) mass is 692 g/mol. The van der Waals surface area contributed by atoms with E-state index in [0.29, 0.717) is 30.6 Å². The van der Waals surface area contributed by atoms with Crippen molar-refractivity contribution in [2.45, 2.75) is 77.2 Å². The summed E-state index contributed by atoms with van der Waals surface area (Å²) in [5.74, 6) is -0.00608. The average Bonchev–Trinajstić information content (AvgIpc) is 3.44. The number of anilines is 1. The Bertz CT molecular complexity index is 1880. The quantitative estimate of drug-likeness (QED) is 0.142. The maximum absolute atomic E-state index is 13.6. The van der Waals surface area contributed by atoms with Crippen molar-refractivity contribution in [1.29, 1.82) is 0 Å². The molecule has 3 aromatic carbocycles. The number of nitrogens with two attached hydrogens (primary N) is 1. The normalized spacial score (nSPS) is 13.1. The second-order valence-electron chi connectivity index (χ2n) is 13.2. The maximum atomic E-state index is 13.6. The number of sulfone groups is 1. The topological polar surface area (TPSA) is 155 Å². The van der Waals surface area contributed by atoms with Crippen molar-refractivity contribution in [3.63, 3.8) is 0 Å². The molecule has 264 valence electrons. The second-order valence-corrected chi connectivity index (χ2v) is 15.1. The Balaban J connectivity index is 1.65. The van der Waals surface area contributed by atoms with E-state index in [9.17, 15) is 23.1 Å². The lowest BCUT2D eigenvalue weighted by molar-refractivity contribution is 0.00552. The highest BCUT2D eigenvalue weighted by Crippen LogP contribution is 2.36. The van der Waals surface area contributed by atoms with Crippen LogP contribution in [0.25, 0.3) is 10.9 Å². The van der Waals surface area contributed by atoms with Crippen molar-refractivity contribution in [1.82, 2.24) is 14.8 Å². The van der Waals surface area contributed by atoms with Gasteiger partial charge in [0.1, 0.15) is 22.9 Å². The Morgan fingerprint density at radius 1 is 1.00 bits per heavy atom. The van der Waals surface area contributed by atoms with Gasteiger partial charge in [-0.25, -0.2) is 13.2 Å². The average molecular weight is 693 g/mol. The predicted molar refractivity (Wildman–Crippen MR) is 191 cm³/mol. The smallest absolute Gasteiger partial charge is 0.410 e. The van der Waals surface area contributed by atoms with Gasteiger partial charge in [-0.15, -0.1) is 0 Å². The van der Waals surface area contributed by atoms with Crippen LogP contribution in [0, 0.1) is 0 Å². The first kappa shape index (κ1) is 37.3. The third kappa shape index (κ3) is 8.93. The van der Waals surface area contributed by atoms with Gasteiger partial charge >= 0.3 is 6.09 Å². The second kappa shape index (κ2) is 15.3. The molecule has 4 aromatic rings. The standard InChI is InChI=1S/C37H48N4O7S/c1-8-40(9-2)35(43)29-17-13-16-27-26(21-39-33(27)29)20-24(3)41(36(44)48-37(4,5)6)22-30(42)28-18-19-31(34(32(28)38)49(7,45)46)47-23-25-14-11-10-12-15-25/h10-19,21,24,30,39,42H,8-9,20,22-23,38H2,1-7H3/t24-,30+/m1/s1. The fourth-order valence-corrected chi connectivity index (χ4v) is 6.84. The number of H-pyrrole nitrogens is 1. The van der Waals surface area contributed by atoms with Crippen molar-refractivity contribution in [3.05, 3.63) is 89.1 Å². The number of aliphatic hydroxyl groups excluding tert-OH is 1. The Morgan fingerprint density at radius 2 is 1.67 bits per heavy atom. The molecule has 12 heteroatoms. The van der Waals surface area contributed by atoms with E-state index in [1.807, 2.05) is 69.4 Å². The van der Waals surface area contributed by atoms with Crippen LogP contribution in [-0.2, 0) is 27.6 Å². The lowest BCUT2D eigenvalue weighted by Crippen LogP contribution is -2.45. The van der Waals surface area contributed by atoms with Gasteiger partial charge in [0.05, 0.1) is 29.4 Å². The minimum atomic E-state index is -3.88. The summed E-state index contributed by atoms with van der Waals surface area (Å²) in [6.07, 6.45) is 1.21. The number of aromatic nitrogens is 1. The van der Waals surface area contributed by atoms with E-state index in [0.717, 1.165) is 22.8 Å². The Hall–Kier alpha value is -4.55. The summed E-state index contributed by atoms with van der Waals surface area (Å²) >= 11 is 0.